The zero-order valence-corrected chi connectivity index (χ0v) is 14.9. The lowest BCUT2D eigenvalue weighted by Gasteiger charge is -2.31. The van der Waals surface area contributed by atoms with Crippen LogP contribution < -0.4 is 5.32 Å². The van der Waals surface area contributed by atoms with Crippen molar-refractivity contribution in [3.05, 3.63) is 34.8 Å². The Labute approximate surface area is 139 Å². The van der Waals surface area contributed by atoms with Crippen LogP contribution in [0.4, 0.5) is 0 Å². The zero-order valence-electron chi connectivity index (χ0n) is 14.9. The molecule has 0 aromatic heterocycles. The maximum absolute atomic E-state index is 12.2. The van der Waals surface area contributed by atoms with Crippen molar-refractivity contribution in [2.75, 3.05) is 19.7 Å². The number of rotatable bonds is 7. The average molecular weight is 323 g/mol. The third kappa shape index (κ3) is 5.13. The summed E-state index contributed by atoms with van der Waals surface area (Å²) in [6.45, 7) is 11.2. The van der Waals surface area contributed by atoms with E-state index in [0.29, 0.717) is 26.0 Å². The van der Waals surface area contributed by atoms with Gasteiger partial charge in [-0.1, -0.05) is 13.0 Å². The Morgan fingerprint density at radius 2 is 2.22 bits per heavy atom. The number of likely N-dealkylation sites (N-methyl/N-ethyl adjacent to an activating group) is 1. The van der Waals surface area contributed by atoms with E-state index in [9.17, 15) is 9.90 Å². The molecular formula is C18H29NO4. The van der Waals surface area contributed by atoms with Gasteiger partial charge in [0.1, 0.15) is 12.4 Å². The molecule has 23 heavy (non-hydrogen) atoms. The molecule has 0 spiro atoms. The minimum absolute atomic E-state index is 0.263. The van der Waals surface area contributed by atoms with Gasteiger partial charge in [0.25, 0.3) is 0 Å². The van der Waals surface area contributed by atoms with Gasteiger partial charge in [-0.15, -0.1) is 0 Å². The molecule has 5 heteroatoms. The molecular weight excluding hydrogens is 294 g/mol. The summed E-state index contributed by atoms with van der Waals surface area (Å²) < 4.78 is 10.9. The molecule has 0 fully saturated rings. The number of esters is 1. The van der Waals surface area contributed by atoms with Crippen LogP contribution in [0.1, 0.15) is 47.5 Å². The van der Waals surface area contributed by atoms with Crippen LogP contribution in [0.25, 0.3) is 0 Å². The Balaban J connectivity index is 2.71. The van der Waals surface area contributed by atoms with Crippen LogP contribution in [0.3, 0.4) is 0 Å². The summed E-state index contributed by atoms with van der Waals surface area (Å²) in [6.07, 6.45) is 4.61. The van der Waals surface area contributed by atoms with Crippen molar-refractivity contribution < 1.29 is 19.4 Å². The fraction of sp³-hybridized carbons (Fsp3) is 0.611. The Morgan fingerprint density at radius 1 is 1.52 bits per heavy atom. The zero-order chi connectivity index (χ0) is 17.5. The Hall–Kier alpha value is -1.75. The number of carbonyl (C=O) groups excluding carboxylic acids is 1. The SMILES string of the molecule is C/C=C(C)/C(O)=C(/C)C1=COC(C)(C(=O)OCCNCC)CC1. The lowest BCUT2D eigenvalue weighted by molar-refractivity contribution is -0.165. The third-order valence-electron chi connectivity index (χ3n) is 4.17. The van der Waals surface area contributed by atoms with Gasteiger partial charge in [0.05, 0.1) is 6.26 Å². The summed E-state index contributed by atoms with van der Waals surface area (Å²) in [5, 5.41) is 13.3. The van der Waals surface area contributed by atoms with E-state index in [1.54, 1.807) is 13.2 Å². The molecule has 0 aliphatic carbocycles. The van der Waals surface area contributed by atoms with E-state index in [1.165, 1.54) is 0 Å². The lowest BCUT2D eigenvalue weighted by Crippen LogP contribution is -2.41. The molecule has 2 N–H and O–H groups in total. The van der Waals surface area contributed by atoms with Crippen molar-refractivity contribution in [1.29, 1.82) is 0 Å². The summed E-state index contributed by atoms with van der Waals surface area (Å²) >= 11 is 0. The second-order valence-electron chi connectivity index (χ2n) is 5.93. The highest BCUT2D eigenvalue weighted by molar-refractivity contribution is 5.79. The Kier molecular flexibility index (Phi) is 7.36. The van der Waals surface area contributed by atoms with Gasteiger partial charge >= 0.3 is 5.97 Å². The number of carbonyl (C=O) groups is 1. The molecule has 0 saturated carbocycles. The van der Waals surface area contributed by atoms with Gasteiger partial charge in [0.15, 0.2) is 0 Å². The molecule has 5 nitrogen and oxygen atoms in total. The molecule has 0 aromatic rings. The molecule has 0 saturated heterocycles. The van der Waals surface area contributed by atoms with Crippen LogP contribution in [0, 0.1) is 0 Å². The van der Waals surface area contributed by atoms with E-state index in [-0.39, 0.29) is 11.7 Å². The largest absolute Gasteiger partial charge is 0.507 e. The van der Waals surface area contributed by atoms with E-state index in [4.69, 9.17) is 9.47 Å². The molecule has 0 aromatic carbocycles. The highest BCUT2D eigenvalue weighted by atomic mass is 16.6. The third-order valence-corrected chi connectivity index (χ3v) is 4.17. The van der Waals surface area contributed by atoms with Gasteiger partial charge in [-0.25, -0.2) is 4.79 Å². The van der Waals surface area contributed by atoms with E-state index in [1.807, 2.05) is 33.8 Å². The van der Waals surface area contributed by atoms with Crippen LogP contribution in [0.15, 0.2) is 34.8 Å². The summed E-state index contributed by atoms with van der Waals surface area (Å²) in [7, 11) is 0. The smallest absolute Gasteiger partial charge is 0.350 e. The molecule has 0 amide bonds. The number of aliphatic hydroxyl groups excluding tert-OH is 1. The number of allylic oxidation sites excluding steroid dienone is 4. The molecule has 1 atom stereocenters. The van der Waals surface area contributed by atoms with Crippen LogP contribution in [0.2, 0.25) is 0 Å². The quantitative estimate of drug-likeness (QED) is 0.325. The minimum atomic E-state index is -0.957. The molecule has 0 bridgehead atoms. The maximum atomic E-state index is 12.2. The number of ether oxygens (including phenoxy) is 2. The van der Waals surface area contributed by atoms with Crippen LogP contribution in [-0.4, -0.2) is 36.4 Å². The second-order valence-corrected chi connectivity index (χ2v) is 5.93. The second kappa shape index (κ2) is 8.77. The van der Waals surface area contributed by atoms with E-state index in [0.717, 1.165) is 23.3 Å². The predicted octanol–water partition coefficient (Wildman–Crippen LogP) is 3.39. The van der Waals surface area contributed by atoms with Gasteiger partial charge in [0.2, 0.25) is 5.60 Å². The first-order valence-corrected chi connectivity index (χ1v) is 8.14. The summed E-state index contributed by atoms with van der Waals surface area (Å²) in [4.78, 5) is 12.2. The monoisotopic (exact) mass is 323 g/mol. The lowest BCUT2D eigenvalue weighted by atomic mass is 9.91. The maximum Gasteiger partial charge on any atom is 0.350 e. The number of aliphatic hydroxyl groups is 1. The molecule has 1 aliphatic rings. The van der Waals surface area contributed by atoms with E-state index < -0.39 is 5.60 Å². The van der Waals surface area contributed by atoms with E-state index in [2.05, 4.69) is 5.32 Å². The highest BCUT2D eigenvalue weighted by Crippen LogP contribution is 2.32. The Bertz CT molecular complexity index is 519. The normalized spacial score (nSPS) is 22.8. The minimum Gasteiger partial charge on any atom is -0.507 e. The van der Waals surface area contributed by atoms with Gasteiger partial charge in [-0.05, 0) is 57.4 Å². The predicted molar refractivity (Wildman–Crippen MR) is 91.1 cm³/mol. The number of hydrogen-bond acceptors (Lipinski definition) is 5. The fourth-order valence-corrected chi connectivity index (χ4v) is 2.25. The molecule has 1 heterocycles. The first-order chi connectivity index (χ1) is 10.9. The van der Waals surface area contributed by atoms with Crippen molar-refractivity contribution in [2.24, 2.45) is 0 Å². The van der Waals surface area contributed by atoms with Crippen LogP contribution in [-0.2, 0) is 14.3 Å². The van der Waals surface area contributed by atoms with Crippen LogP contribution >= 0.6 is 0 Å². The van der Waals surface area contributed by atoms with Crippen molar-refractivity contribution >= 4 is 5.97 Å². The molecule has 0 radical (unpaired) electrons. The van der Waals surface area contributed by atoms with Gasteiger partial charge < -0.3 is 19.9 Å². The van der Waals surface area contributed by atoms with Crippen LogP contribution in [0.5, 0.6) is 0 Å². The van der Waals surface area contributed by atoms with Crippen molar-refractivity contribution in [2.45, 2.75) is 53.1 Å². The van der Waals surface area contributed by atoms with E-state index >= 15 is 0 Å². The summed E-state index contributed by atoms with van der Waals surface area (Å²) in [5.74, 6) is -0.0830. The highest BCUT2D eigenvalue weighted by Gasteiger charge is 2.39. The molecule has 1 aliphatic heterocycles. The van der Waals surface area contributed by atoms with Gasteiger partial charge in [-0.3, -0.25) is 0 Å². The Morgan fingerprint density at radius 3 is 2.74 bits per heavy atom. The average Bonchev–Trinajstić information content (AvgIpc) is 2.57. The summed E-state index contributed by atoms with van der Waals surface area (Å²) in [5.41, 5.74) is 1.55. The first kappa shape index (κ1) is 19.3. The first-order valence-electron chi connectivity index (χ1n) is 8.14. The molecule has 1 rings (SSSR count). The number of hydrogen-bond donors (Lipinski definition) is 2. The topological polar surface area (TPSA) is 67.8 Å². The molecule has 1 unspecified atom stereocenters. The standard InChI is InChI=1S/C18H29NO4/c1-6-13(3)16(20)14(4)15-8-9-18(5,23-12-15)17(21)22-11-10-19-7-2/h6,12,19-20H,7-11H2,1-5H3/b13-6+,16-14+. The molecule has 130 valence electrons. The van der Waals surface area contributed by atoms with Crippen molar-refractivity contribution in [1.82, 2.24) is 5.32 Å². The fourth-order valence-electron chi connectivity index (χ4n) is 2.25. The summed E-state index contributed by atoms with van der Waals surface area (Å²) in [6, 6.07) is 0. The van der Waals surface area contributed by atoms with Crippen molar-refractivity contribution in [3.8, 4) is 0 Å². The number of nitrogens with one attached hydrogen (secondary N) is 1. The van der Waals surface area contributed by atoms with Gasteiger partial charge in [0, 0.05) is 13.0 Å². The van der Waals surface area contributed by atoms with Crippen molar-refractivity contribution in [3.63, 3.8) is 0 Å². The van der Waals surface area contributed by atoms with Gasteiger partial charge in [-0.2, -0.15) is 0 Å².